The summed E-state index contributed by atoms with van der Waals surface area (Å²) in [5.41, 5.74) is 1.57. The maximum Gasteiger partial charge on any atom is 0.410 e. The molecule has 1 aromatic carbocycles. The first-order valence-corrected chi connectivity index (χ1v) is 13.5. The van der Waals surface area contributed by atoms with E-state index in [9.17, 15) is 14.4 Å². The molecule has 9 heteroatoms. The number of esters is 1. The van der Waals surface area contributed by atoms with Gasteiger partial charge >= 0.3 is 12.1 Å². The Kier molecular flexibility index (Phi) is 8.65. The molecule has 0 radical (unpaired) electrons. The molecule has 2 amide bonds. The predicted molar refractivity (Wildman–Crippen MR) is 143 cm³/mol. The number of amides is 2. The number of aromatic nitrogens is 1. The van der Waals surface area contributed by atoms with Crippen molar-refractivity contribution in [1.29, 1.82) is 0 Å². The zero-order valence-corrected chi connectivity index (χ0v) is 23.3. The molecule has 9 nitrogen and oxygen atoms in total. The van der Waals surface area contributed by atoms with Gasteiger partial charge in [-0.25, -0.2) is 4.79 Å². The Morgan fingerprint density at radius 1 is 1.05 bits per heavy atom. The zero-order chi connectivity index (χ0) is 27.4. The zero-order valence-electron chi connectivity index (χ0n) is 23.3. The quantitative estimate of drug-likeness (QED) is 0.358. The Labute approximate surface area is 225 Å². The molecule has 2 fully saturated rings. The van der Waals surface area contributed by atoms with Gasteiger partial charge in [0.05, 0.1) is 18.9 Å². The number of aryl methyl sites for hydroxylation is 1. The second kappa shape index (κ2) is 11.8. The highest BCUT2D eigenvalue weighted by Gasteiger charge is 2.43. The summed E-state index contributed by atoms with van der Waals surface area (Å²) < 4.78 is 18.0. The molecule has 208 valence electrons. The third-order valence-electron chi connectivity index (χ3n) is 7.22. The molecule has 1 aliphatic carbocycles. The van der Waals surface area contributed by atoms with E-state index < -0.39 is 29.5 Å². The maximum absolute atomic E-state index is 14.0. The van der Waals surface area contributed by atoms with Crippen molar-refractivity contribution in [1.82, 2.24) is 14.4 Å². The van der Waals surface area contributed by atoms with Crippen LogP contribution in [0, 0.1) is 11.8 Å². The number of rotatable bonds is 9. The maximum atomic E-state index is 14.0. The summed E-state index contributed by atoms with van der Waals surface area (Å²) in [7, 11) is 3.04. The van der Waals surface area contributed by atoms with E-state index in [0.29, 0.717) is 19.6 Å². The molecule has 1 saturated carbocycles. The third kappa shape index (κ3) is 6.67. The minimum atomic E-state index is -0.674. The molecule has 2 heterocycles. The lowest BCUT2D eigenvalue weighted by Gasteiger charge is -2.38. The lowest BCUT2D eigenvalue weighted by Crippen LogP contribution is -2.52. The van der Waals surface area contributed by atoms with E-state index in [4.69, 9.17) is 14.2 Å². The van der Waals surface area contributed by atoms with Crippen LogP contribution in [0.4, 0.5) is 4.79 Å². The first kappa shape index (κ1) is 28.0. The number of carbonyl (C=O) groups excluding carboxylic acids is 3. The number of methoxy groups -OCH3 is 2. The normalized spacial score (nSPS) is 19.9. The number of benzene rings is 1. The van der Waals surface area contributed by atoms with Crippen molar-refractivity contribution in [2.24, 2.45) is 11.8 Å². The molecule has 0 spiro atoms. The molecular formula is C29H41N3O6. The van der Waals surface area contributed by atoms with Gasteiger partial charge < -0.3 is 28.6 Å². The molecule has 2 unspecified atom stereocenters. The van der Waals surface area contributed by atoms with Gasteiger partial charge in [-0.1, -0.05) is 18.2 Å². The minimum Gasteiger partial charge on any atom is -0.469 e. The Morgan fingerprint density at radius 2 is 1.76 bits per heavy atom. The van der Waals surface area contributed by atoms with Gasteiger partial charge in [-0.2, -0.15) is 0 Å². The molecule has 0 bridgehead atoms. The summed E-state index contributed by atoms with van der Waals surface area (Å²) in [5.74, 6) is -1.51. The molecule has 1 aliphatic heterocycles. The summed E-state index contributed by atoms with van der Waals surface area (Å²) in [5, 5.41) is 1.13. The highest BCUT2D eigenvalue weighted by atomic mass is 16.6. The highest BCUT2D eigenvalue weighted by molar-refractivity contribution is 5.86. The number of hydrogen-bond acceptors (Lipinski definition) is 6. The first-order valence-electron chi connectivity index (χ1n) is 13.5. The first-order chi connectivity index (χ1) is 18.1. The fraction of sp³-hybridized carbons (Fsp3) is 0.621. The van der Waals surface area contributed by atoms with Crippen LogP contribution in [0.5, 0.6) is 0 Å². The van der Waals surface area contributed by atoms with Crippen LogP contribution in [0.25, 0.3) is 10.9 Å². The monoisotopic (exact) mass is 527 g/mol. The van der Waals surface area contributed by atoms with E-state index in [1.165, 1.54) is 12.0 Å². The van der Waals surface area contributed by atoms with Crippen molar-refractivity contribution < 1.29 is 28.6 Å². The van der Waals surface area contributed by atoms with Crippen molar-refractivity contribution in [3.63, 3.8) is 0 Å². The Hall–Kier alpha value is -3.07. The number of likely N-dealkylation sites (tertiary alicyclic amines) is 1. The second-order valence-electron chi connectivity index (χ2n) is 11.4. The second-order valence-corrected chi connectivity index (χ2v) is 11.4. The van der Waals surface area contributed by atoms with Crippen LogP contribution < -0.4 is 0 Å². The van der Waals surface area contributed by atoms with Gasteiger partial charge in [0.1, 0.15) is 5.60 Å². The van der Waals surface area contributed by atoms with Gasteiger partial charge in [0.25, 0.3) is 0 Å². The molecule has 4 rings (SSSR count). The van der Waals surface area contributed by atoms with Gasteiger partial charge in [-0.3, -0.25) is 9.59 Å². The predicted octanol–water partition coefficient (Wildman–Crippen LogP) is 4.22. The Bertz CT molecular complexity index is 1150. The van der Waals surface area contributed by atoms with E-state index >= 15 is 0 Å². The average Bonchev–Trinajstić information content (AvgIpc) is 3.68. The average molecular weight is 528 g/mol. The highest BCUT2D eigenvalue weighted by Crippen LogP contribution is 2.34. The van der Waals surface area contributed by atoms with E-state index in [2.05, 4.69) is 22.9 Å². The molecule has 2 atom stereocenters. The van der Waals surface area contributed by atoms with Crippen molar-refractivity contribution in [3.8, 4) is 0 Å². The Balaban J connectivity index is 1.57. The molecule has 2 aliphatic rings. The van der Waals surface area contributed by atoms with Gasteiger partial charge in [-0.05, 0) is 58.1 Å². The van der Waals surface area contributed by atoms with Gasteiger partial charge in [0.15, 0.2) is 0 Å². The summed E-state index contributed by atoms with van der Waals surface area (Å²) in [4.78, 5) is 42.9. The summed E-state index contributed by atoms with van der Waals surface area (Å²) in [6.45, 7) is 7.83. The molecule has 2 aromatic rings. The standard InChI is InChI=1S/C29H41N3O6/c1-29(2,3)38-28(35)31-16-20(15-21(17-31)27(34)37-5)26(33)32(23-11-12-23)19-22-18-30(13-8-14-36-4)25-10-7-6-9-24(22)25/h6-7,9-10,18,20-21,23H,8,11-17,19H2,1-5H3. The molecule has 0 N–H and O–H groups in total. The lowest BCUT2D eigenvalue weighted by molar-refractivity contribution is -0.150. The summed E-state index contributed by atoms with van der Waals surface area (Å²) in [6, 6.07) is 8.44. The van der Waals surface area contributed by atoms with Crippen LogP contribution in [0.2, 0.25) is 0 Å². The van der Waals surface area contributed by atoms with Crippen molar-refractivity contribution in [2.45, 2.75) is 71.2 Å². The summed E-state index contributed by atoms with van der Waals surface area (Å²) >= 11 is 0. The summed E-state index contributed by atoms with van der Waals surface area (Å²) in [6.07, 6.45) is 4.81. The SMILES string of the molecule is COCCCn1cc(CN(C(=O)C2CC(C(=O)OC)CN(C(=O)OC(C)(C)C)C2)C2CC2)c2ccccc21. The van der Waals surface area contributed by atoms with Crippen LogP contribution >= 0.6 is 0 Å². The van der Waals surface area contributed by atoms with E-state index in [0.717, 1.165) is 42.3 Å². The van der Waals surface area contributed by atoms with Crippen molar-refractivity contribution in [2.75, 3.05) is 33.9 Å². The number of piperidine rings is 1. The van der Waals surface area contributed by atoms with Gasteiger partial charge in [0, 0.05) is 63.0 Å². The fourth-order valence-electron chi connectivity index (χ4n) is 5.30. The smallest absolute Gasteiger partial charge is 0.410 e. The van der Waals surface area contributed by atoms with Crippen LogP contribution in [-0.2, 0) is 36.9 Å². The molecular weight excluding hydrogens is 486 g/mol. The molecule has 1 aromatic heterocycles. The van der Waals surface area contributed by atoms with Crippen LogP contribution in [0.3, 0.4) is 0 Å². The van der Waals surface area contributed by atoms with Crippen molar-refractivity contribution in [3.05, 3.63) is 36.0 Å². The Morgan fingerprint density at radius 3 is 2.42 bits per heavy atom. The van der Waals surface area contributed by atoms with E-state index in [1.54, 1.807) is 27.9 Å². The van der Waals surface area contributed by atoms with Crippen LogP contribution in [-0.4, -0.2) is 77.9 Å². The lowest BCUT2D eigenvalue weighted by atomic mass is 9.88. The number of carbonyl (C=O) groups is 3. The minimum absolute atomic E-state index is 0.0223. The molecule has 1 saturated heterocycles. The number of fused-ring (bicyclic) bond motifs is 1. The van der Waals surface area contributed by atoms with Crippen molar-refractivity contribution >= 4 is 28.9 Å². The molecule has 38 heavy (non-hydrogen) atoms. The van der Waals surface area contributed by atoms with Crippen LogP contribution in [0.1, 0.15) is 52.0 Å². The number of nitrogens with zero attached hydrogens (tertiary/aromatic N) is 3. The number of hydrogen-bond donors (Lipinski definition) is 0. The van der Waals surface area contributed by atoms with E-state index in [-0.39, 0.29) is 25.0 Å². The van der Waals surface area contributed by atoms with E-state index in [1.807, 2.05) is 17.0 Å². The number of ether oxygens (including phenoxy) is 3. The van der Waals surface area contributed by atoms with Gasteiger partial charge in [0.2, 0.25) is 5.91 Å². The van der Waals surface area contributed by atoms with Crippen LogP contribution in [0.15, 0.2) is 30.5 Å². The topological polar surface area (TPSA) is 90.3 Å². The van der Waals surface area contributed by atoms with Gasteiger partial charge in [-0.15, -0.1) is 0 Å². The fourth-order valence-corrected chi connectivity index (χ4v) is 5.30. The largest absolute Gasteiger partial charge is 0.469 e. The number of para-hydroxylation sites is 1. The third-order valence-corrected chi connectivity index (χ3v) is 7.22.